The molecule has 0 radical (unpaired) electrons. The van der Waals surface area contributed by atoms with Crippen molar-refractivity contribution >= 4 is 38.9 Å². The molecule has 8 nitrogen and oxygen atoms in total. The molecule has 0 aliphatic heterocycles. The van der Waals surface area contributed by atoms with Gasteiger partial charge in [-0.25, -0.2) is 8.42 Å². The van der Waals surface area contributed by atoms with E-state index < -0.39 is 22.0 Å². The number of anilines is 2. The minimum Gasteiger partial charge on any atom is -0.493 e. The molecule has 0 spiro atoms. The first-order chi connectivity index (χ1) is 16.1. The van der Waals surface area contributed by atoms with E-state index in [2.05, 4.69) is 5.32 Å². The van der Waals surface area contributed by atoms with Gasteiger partial charge in [0.05, 0.1) is 24.7 Å². The number of ether oxygens (including phenoxy) is 3. The second-order valence-corrected chi connectivity index (χ2v) is 9.82. The van der Waals surface area contributed by atoms with Crippen LogP contribution in [0, 0.1) is 0 Å². The van der Waals surface area contributed by atoms with Crippen molar-refractivity contribution in [3.63, 3.8) is 0 Å². The molecule has 0 aromatic heterocycles. The summed E-state index contributed by atoms with van der Waals surface area (Å²) in [7, 11) is -0.382. The molecule has 0 saturated carbocycles. The fourth-order valence-corrected chi connectivity index (χ4v) is 3.61. The third kappa shape index (κ3) is 6.33. The number of nitrogens with zero attached hydrogens (tertiary/aromatic N) is 1. The Morgan fingerprint density at radius 2 is 1.65 bits per heavy atom. The van der Waals surface area contributed by atoms with Gasteiger partial charge in [0.2, 0.25) is 10.0 Å². The second-order valence-electron chi connectivity index (χ2n) is 7.37. The Morgan fingerprint density at radius 3 is 2.26 bits per heavy atom. The van der Waals surface area contributed by atoms with Crippen LogP contribution in [0.5, 0.6) is 23.0 Å². The Balaban J connectivity index is 1.72. The van der Waals surface area contributed by atoms with Crippen molar-refractivity contribution in [1.82, 2.24) is 0 Å². The lowest BCUT2D eigenvalue weighted by molar-refractivity contribution is -0.122. The number of sulfonamides is 1. The van der Waals surface area contributed by atoms with E-state index in [-0.39, 0.29) is 0 Å². The van der Waals surface area contributed by atoms with Crippen molar-refractivity contribution < 1.29 is 27.4 Å². The number of halogens is 1. The first-order valence-corrected chi connectivity index (χ1v) is 12.4. The third-order valence-electron chi connectivity index (χ3n) is 4.87. The summed E-state index contributed by atoms with van der Waals surface area (Å²) in [4.78, 5) is 12.8. The lowest BCUT2D eigenvalue weighted by Crippen LogP contribution is -2.30. The van der Waals surface area contributed by atoms with Crippen molar-refractivity contribution in [1.29, 1.82) is 0 Å². The van der Waals surface area contributed by atoms with Crippen molar-refractivity contribution in [2.24, 2.45) is 0 Å². The molecule has 1 atom stereocenters. The van der Waals surface area contributed by atoms with Gasteiger partial charge in [-0.05, 0) is 61.5 Å². The van der Waals surface area contributed by atoms with E-state index >= 15 is 0 Å². The number of benzene rings is 3. The summed E-state index contributed by atoms with van der Waals surface area (Å²) < 4.78 is 41.5. The molecule has 180 valence electrons. The highest BCUT2D eigenvalue weighted by molar-refractivity contribution is 7.92. The van der Waals surface area contributed by atoms with Crippen molar-refractivity contribution in [2.45, 2.75) is 13.0 Å². The summed E-state index contributed by atoms with van der Waals surface area (Å²) >= 11 is 6.13. The molecule has 3 aromatic rings. The average molecular weight is 505 g/mol. The number of amides is 1. The van der Waals surface area contributed by atoms with Gasteiger partial charge in [0.1, 0.15) is 5.75 Å². The number of nitrogens with one attached hydrogen (secondary N) is 1. The molecule has 1 unspecified atom stereocenters. The monoisotopic (exact) mass is 504 g/mol. The zero-order valence-electron chi connectivity index (χ0n) is 19.1. The Morgan fingerprint density at radius 1 is 1.00 bits per heavy atom. The van der Waals surface area contributed by atoms with Gasteiger partial charge < -0.3 is 19.5 Å². The van der Waals surface area contributed by atoms with Crippen LogP contribution in [0.4, 0.5) is 11.4 Å². The molecule has 0 heterocycles. The molecular weight excluding hydrogens is 480 g/mol. The molecule has 10 heteroatoms. The summed E-state index contributed by atoms with van der Waals surface area (Å²) in [5.41, 5.74) is 0.841. The second kappa shape index (κ2) is 10.7. The number of hydrogen-bond acceptors (Lipinski definition) is 6. The highest BCUT2D eigenvalue weighted by Crippen LogP contribution is 2.36. The van der Waals surface area contributed by atoms with E-state index in [9.17, 15) is 13.2 Å². The van der Waals surface area contributed by atoms with Gasteiger partial charge in [-0.2, -0.15) is 0 Å². The molecule has 0 bridgehead atoms. The fraction of sp³-hybridized carbons (Fsp3) is 0.208. The molecule has 1 N–H and O–H groups in total. The summed E-state index contributed by atoms with van der Waals surface area (Å²) in [6, 6.07) is 18.4. The fourth-order valence-electron chi connectivity index (χ4n) is 2.93. The smallest absolute Gasteiger partial charge is 0.265 e. The standard InChI is InChI=1S/C24H25ClN2O6S/c1-16(32-19-12-10-18(11-13-19)27(2)34(4,29)30)24(28)26-20-15-17(25)9-14-21(20)33-23-8-6-5-7-22(23)31-3/h5-16H,1-4H3,(H,26,28). The largest absolute Gasteiger partial charge is 0.493 e. The van der Waals surface area contributed by atoms with Gasteiger partial charge in [-0.1, -0.05) is 23.7 Å². The van der Waals surface area contributed by atoms with E-state index in [4.69, 9.17) is 25.8 Å². The van der Waals surface area contributed by atoms with E-state index in [1.54, 1.807) is 67.6 Å². The minimum absolute atomic E-state index is 0.365. The van der Waals surface area contributed by atoms with Crippen LogP contribution in [-0.4, -0.2) is 40.8 Å². The molecule has 0 saturated heterocycles. The maximum absolute atomic E-state index is 12.8. The van der Waals surface area contributed by atoms with Crippen LogP contribution < -0.4 is 23.8 Å². The molecule has 0 fully saturated rings. The third-order valence-corrected chi connectivity index (χ3v) is 6.31. The first kappa shape index (κ1) is 25.2. The van der Waals surface area contributed by atoms with Crippen LogP contribution in [0.25, 0.3) is 0 Å². The highest BCUT2D eigenvalue weighted by atomic mass is 35.5. The van der Waals surface area contributed by atoms with Gasteiger partial charge in [-0.3, -0.25) is 9.10 Å². The number of rotatable bonds is 9. The Bertz CT molecular complexity index is 1260. The normalized spacial score (nSPS) is 11.9. The molecule has 3 rings (SSSR count). The van der Waals surface area contributed by atoms with Gasteiger partial charge in [-0.15, -0.1) is 0 Å². The van der Waals surface area contributed by atoms with Gasteiger partial charge in [0, 0.05) is 12.1 Å². The van der Waals surface area contributed by atoms with Crippen LogP contribution in [0.2, 0.25) is 5.02 Å². The Kier molecular flexibility index (Phi) is 7.90. The molecule has 1 amide bonds. The quantitative estimate of drug-likeness (QED) is 0.443. The predicted octanol–water partition coefficient (Wildman–Crippen LogP) is 4.94. The van der Waals surface area contributed by atoms with Crippen LogP contribution in [0.1, 0.15) is 6.92 Å². The number of hydrogen-bond donors (Lipinski definition) is 1. The molecule has 34 heavy (non-hydrogen) atoms. The number of carbonyl (C=O) groups excluding carboxylic acids is 1. The van der Waals surface area contributed by atoms with E-state index in [0.29, 0.717) is 39.4 Å². The number of carbonyl (C=O) groups is 1. The predicted molar refractivity (Wildman–Crippen MR) is 133 cm³/mol. The topological polar surface area (TPSA) is 94.2 Å². The zero-order chi connectivity index (χ0) is 24.9. The van der Waals surface area contributed by atoms with Crippen molar-refractivity contribution in [2.75, 3.05) is 30.0 Å². The number of methoxy groups -OCH3 is 1. The van der Waals surface area contributed by atoms with Crippen molar-refractivity contribution in [3.8, 4) is 23.0 Å². The van der Waals surface area contributed by atoms with Crippen LogP contribution in [0.3, 0.4) is 0 Å². The molecular formula is C24H25ClN2O6S. The number of para-hydroxylation sites is 2. The Hall–Kier alpha value is -3.43. The SMILES string of the molecule is COc1ccccc1Oc1ccc(Cl)cc1NC(=O)C(C)Oc1ccc(N(C)S(C)(=O)=O)cc1. The Labute approximate surface area is 204 Å². The van der Waals surface area contributed by atoms with Crippen LogP contribution in [-0.2, 0) is 14.8 Å². The lowest BCUT2D eigenvalue weighted by Gasteiger charge is -2.19. The average Bonchev–Trinajstić information content (AvgIpc) is 2.80. The summed E-state index contributed by atoms with van der Waals surface area (Å²) in [5, 5.41) is 3.20. The zero-order valence-corrected chi connectivity index (χ0v) is 20.7. The van der Waals surface area contributed by atoms with E-state index in [1.165, 1.54) is 14.2 Å². The van der Waals surface area contributed by atoms with Gasteiger partial charge in [0.15, 0.2) is 23.4 Å². The van der Waals surface area contributed by atoms with Crippen molar-refractivity contribution in [3.05, 3.63) is 71.8 Å². The lowest BCUT2D eigenvalue weighted by atomic mass is 10.2. The first-order valence-electron chi connectivity index (χ1n) is 10.2. The minimum atomic E-state index is -3.38. The van der Waals surface area contributed by atoms with Gasteiger partial charge in [0.25, 0.3) is 5.91 Å². The van der Waals surface area contributed by atoms with Crippen LogP contribution in [0.15, 0.2) is 66.7 Å². The summed E-state index contributed by atoms with van der Waals surface area (Å²) in [6.45, 7) is 1.59. The molecule has 0 aliphatic rings. The van der Waals surface area contributed by atoms with E-state index in [1.807, 2.05) is 6.07 Å². The van der Waals surface area contributed by atoms with E-state index in [0.717, 1.165) is 10.6 Å². The van der Waals surface area contributed by atoms with Gasteiger partial charge >= 0.3 is 0 Å². The highest BCUT2D eigenvalue weighted by Gasteiger charge is 2.19. The summed E-state index contributed by atoms with van der Waals surface area (Å²) in [5.74, 6) is 1.37. The summed E-state index contributed by atoms with van der Waals surface area (Å²) in [6.07, 6.45) is 0.252. The molecule has 3 aromatic carbocycles. The maximum Gasteiger partial charge on any atom is 0.265 e. The maximum atomic E-state index is 12.8. The molecule has 0 aliphatic carbocycles. The van der Waals surface area contributed by atoms with Crippen LogP contribution >= 0.6 is 11.6 Å².